The molecule has 0 bridgehead atoms. The zero-order valence-electron chi connectivity index (χ0n) is 10.7. The molecule has 1 aromatic carbocycles. The van der Waals surface area contributed by atoms with Gasteiger partial charge >= 0.3 is 0 Å². The van der Waals surface area contributed by atoms with Crippen molar-refractivity contribution in [1.29, 1.82) is 0 Å². The van der Waals surface area contributed by atoms with Crippen LogP contribution in [0.2, 0.25) is 0 Å². The van der Waals surface area contributed by atoms with Crippen molar-refractivity contribution in [3.63, 3.8) is 0 Å². The molecule has 0 spiro atoms. The summed E-state index contributed by atoms with van der Waals surface area (Å²) in [6.07, 6.45) is 1.82. The summed E-state index contributed by atoms with van der Waals surface area (Å²) >= 11 is 0. The van der Waals surface area contributed by atoms with Crippen LogP contribution in [0.3, 0.4) is 0 Å². The minimum Gasteiger partial charge on any atom is -0.324 e. The first-order valence-electron chi connectivity index (χ1n) is 5.79. The Hall–Kier alpha value is -1.26. The summed E-state index contributed by atoms with van der Waals surface area (Å²) in [4.78, 5) is 0. The fourth-order valence-electron chi connectivity index (χ4n) is 2.27. The smallest absolute Gasteiger partial charge is 0.0309 e. The van der Waals surface area contributed by atoms with Crippen LogP contribution in [0.25, 0.3) is 0 Å². The first-order valence-corrected chi connectivity index (χ1v) is 5.79. The highest BCUT2D eigenvalue weighted by Crippen LogP contribution is 2.24. The maximum absolute atomic E-state index is 6.22. The Morgan fingerprint density at radius 2 is 1.75 bits per heavy atom. The largest absolute Gasteiger partial charge is 0.324 e. The van der Waals surface area contributed by atoms with Gasteiger partial charge in [0.1, 0.15) is 0 Å². The van der Waals surface area contributed by atoms with Crippen LogP contribution in [0, 0.1) is 32.6 Å². The molecule has 2 N–H and O–H groups in total. The highest BCUT2D eigenvalue weighted by atomic mass is 14.6. The molecule has 1 unspecified atom stereocenters. The van der Waals surface area contributed by atoms with Gasteiger partial charge in [0.05, 0.1) is 0 Å². The van der Waals surface area contributed by atoms with Crippen molar-refractivity contribution in [2.45, 2.75) is 46.6 Å². The molecule has 0 aromatic heterocycles. The number of benzene rings is 1. The summed E-state index contributed by atoms with van der Waals surface area (Å²) in [6, 6.07) is 4.52. The van der Waals surface area contributed by atoms with E-state index in [2.05, 4.69) is 44.7 Å². The summed E-state index contributed by atoms with van der Waals surface area (Å²) in [5.74, 6) is 5.98. The molecule has 0 aliphatic rings. The maximum atomic E-state index is 6.22. The standard InChI is InChI=1S/C15H21N/c1-5-6-7-8-14(16)15-12(3)9-11(2)10-13(15)4/h9-10,14H,7-8,16H2,1-4H3. The number of nitrogens with two attached hydrogens (primary N) is 1. The van der Waals surface area contributed by atoms with E-state index >= 15 is 0 Å². The molecule has 1 rings (SSSR count). The minimum atomic E-state index is 0.112. The zero-order valence-corrected chi connectivity index (χ0v) is 10.7. The normalized spacial score (nSPS) is 11.8. The summed E-state index contributed by atoms with van der Waals surface area (Å²) in [6.45, 7) is 8.27. The van der Waals surface area contributed by atoms with Crippen LogP contribution in [-0.2, 0) is 0 Å². The summed E-state index contributed by atoms with van der Waals surface area (Å²) in [7, 11) is 0. The molecule has 0 saturated carbocycles. The number of aryl methyl sites for hydroxylation is 3. The van der Waals surface area contributed by atoms with E-state index in [1.54, 1.807) is 0 Å². The van der Waals surface area contributed by atoms with Crippen molar-refractivity contribution in [3.8, 4) is 11.8 Å². The van der Waals surface area contributed by atoms with Gasteiger partial charge < -0.3 is 5.73 Å². The second kappa shape index (κ2) is 5.72. The fraction of sp³-hybridized carbons (Fsp3) is 0.467. The van der Waals surface area contributed by atoms with Crippen LogP contribution in [0.15, 0.2) is 12.1 Å². The lowest BCUT2D eigenvalue weighted by Crippen LogP contribution is -2.13. The van der Waals surface area contributed by atoms with Crippen molar-refractivity contribution < 1.29 is 0 Å². The molecule has 16 heavy (non-hydrogen) atoms. The zero-order chi connectivity index (χ0) is 12.1. The second-order valence-corrected chi connectivity index (χ2v) is 4.38. The minimum absolute atomic E-state index is 0.112. The molecule has 0 radical (unpaired) electrons. The Morgan fingerprint density at radius 3 is 2.25 bits per heavy atom. The topological polar surface area (TPSA) is 26.0 Å². The monoisotopic (exact) mass is 215 g/mol. The van der Waals surface area contributed by atoms with Gasteiger partial charge in [-0.15, -0.1) is 11.8 Å². The van der Waals surface area contributed by atoms with E-state index in [1.165, 1.54) is 22.3 Å². The molecule has 1 atom stereocenters. The fourth-order valence-corrected chi connectivity index (χ4v) is 2.27. The molecule has 0 aliphatic heterocycles. The van der Waals surface area contributed by atoms with Gasteiger partial charge in [-0.3, -0.25) is 0 Å². The lowest BCUT2D eigenvalue weighted by atomic mass is 9.92. The molecule has 86 valence electrons. The Kier molecular flexibility index (Phi) is 4.58. The van der Waals surface area contributed by atoms with E-state index in [-0.39, 0.29) is 6.04 Å². The van der Waals surface area contributed by atoms with Gasteiger partial charge in [-0.2, -0.15) is 0 Å². The quantitative estimate of drug-likeness (QED) is 0.768. The molecule has 1 heteroatoms. The summed E-state index contributed by atoms with van der Waals surface area (Å²) in [5.41, 5.74) is 11.4. The second-order valence-electron chi connectivity index (χ2n) is 4.38. The van der Waals surface area contributed by atoms with E-state index in [1.807, 2.05) is 6.92 Å². The SMILES string of the molecule is CC#CCCC(N)c1c(C)cc(C)cc1C. The molecule has 0 aliphatic carbocycles. The third kappa shape index (κ3) is 3.12. The third-order valence-electron chi connectivity index (χ3n) is 2.87. The van der Waals surface area contributed by atoms with Crippen molar-refractivity contribution >= 4 is 0 Å². The van der Waals surface area contributed by atoms with Crippen LogP contribution in [0.1, 0.15) is 48.1 Å². The summed E-state index contributed by atoms with van der Waals surface area (Å²) < 4.78 is 0. The number of rotatable bonds is 3. The predicted molar refractivity (Wildman–Crippen MR) is 70.3 cm³/mol. The Labute approximate surface area is 99.1 Å². The van der Waals surface area contributed by atoms with Crippen molar-refractivity contribution in [2.24, 2.45) is 5.73 Å². The number of hydrogen-bond acceptors (Lipinski definition) is 1. The molecule has 1 nitrogen and oxygen atoms in total. The van der Waals surface area contributed by atoms with Gasteiger partial charge in [0.25, 0.3) is 0 Å². The first-order chi connectivity index (χ1) is 7.56. The van der Waals surface area contributed by atoms with Crippen LogP contribution in [0.4, 0.5) is 0 Å². The molecular formula is C15H21N. The Balaban J connectivity index is 2.89. The average molecular weight is 215 g/mol. The molecule has 1 aromatic rings. The van der Waals surface area contributed by atoms with Crippen molar-refractivity contribution in [1.82, 2.24) is 0 Å². The van der Waals surface area contributed by atoms with Crippen LogP contribution < -0.4 is 5.73 Å². The maximum Gasteiger partial charge on any atom is 0.0309 e. The summed E-state index contributed by atoms with van der Waals surface area (Å²) in [5, 5.41) is 0. The lowest BCUT2D eigenvalue weighted by molar-refractivity contribution is 0.659. The van der Waals surface area contributed by atoms with E-state index in [9.17, 15) is 0 Å². The third-order valence-corrected chi connectivity index (χ3v) is 2.87. The van der Waals surface area contributed by atoms with Crippen molar-refractivity contribution in [3.05, 3.63) is 34.4 Å². The van der Waals surface area contributed by atoms with Gasteiger partial charge in [-0.1, -0.05) is 17.7 Å². The van der Waals surface area contributed by atoms with E-state index in [0.717, 1.165) is 12.8 Å². The van der Waals surface area contributed by atoms with Gasteiger partial charge in [0, 0.05) is 12.5 Å². The van der Waals surface area contributed by atoms with E-state index < -0.39 is 0 Å². The highest BCUT2D eigenvalue weighted by molar-refractivity contribution is 5.39. The molecule has 0 amide bonds. The van der Waals surface area contributed by atoms with Crippen LogP contribution >= 0.6 is 0 Å². The molecule has 0 heterocycles. The van der Waals surface area contributed by atoms with Crippen LogP contribution in [0.5, 0.6) is 0 Å². The average Bonchev–Trinajstić information content (AvgIpc) is 2.16. The molecular weight excluding hydrogens is 194 g/mol. The van der Waals surface area contributed by atoms with Crippen LogP contribution in [-0.4, -0.2) is 0 Å². The Morgan fingerprint density at radius 1 is 1.19 bits per heavy atom. The van der Waals surface area contributed by atoms with Gasteiger partial charge in [-0.05, 0) is 50.8 Å². The highest BCUT2D eigenvalue weighted by Gasteiger charge is 2.11. The molecule has 0 saturated heterocycles. The first kappa shape index (κ1) is 12.8. The van der Waals surface area contributed by atoms with E-state index in [4.69, 9.17) is 5.73 Å². The van der Waals surface area contributed by atoms with Gasteiger partial charge in [0.15, 0.2) is 0 Å². The van der Waals surface area contributed by atoms with Gasteiger partial charge in [-0.25, -0.2) is 0 Å². The van der Waals surface area contributed by atoms with Gasteiger partial charge in [0.2, 0.25) is 0 Å². The lowest BCUT2D eigenvalue weighted by Gasteiger charge is -2.17. The predicted octanol–water partition coefficient (Wildman–Crippen LogP) is 3.42. The Bertz CT molecular complexity index is 398. The number of hydrogen-bond donors (Lipinski definition) is 1. The molecule has 0 fully saturated rings. The van der Waals surface area contributed by atoms with E-state index in [0.29, 0.717) is 0 Å². The van der Waals surface area contributed by atoms with Crippen molar-refractivity contribution in [2.75, 3.05) is 0 Å².